The lowest BCUT2D eigenvalue weighted by Gasteiger charge is -2.29. The van der Waals surface area contributed by atoms with E-state index in [-0.39, 0.29) is 23.9 Å². The van der Waals surface area contributed by atoms with Gasteiger partial charge in [-0.05, 0) is 72.4 Å². The van der Waals surface area contributed by atoms with E-state index in [0.29, 0.717) is 11.1 Å². The third-order valence-corrected chi connectivity index (χ3v) is 6.27. The molecule has 0 aromatic heterocycles. The Balaban J connectivity index is 1.70. The molecular formula is C25H31F3O. The molecule has 1 fully saturated rings. The maximum absolute atomic E-state index is 14.9. The zero-order chi connectivity index (χ0) is 20.8. The van der Waals surface area contributed by atoms with Gasteiger partial charge in [0.15, 0.2) is 0 Å². The number of ether oxygens (including phenoxy) is 1. The van der Waals surface area contributed by atoms with E-state index in [9.17, 15) is 13.2 Å². The first kappa shape index (κ1) is 21.9. The van der Waals surface area contributed by atoms with E-state index in [1.165, 1.54) is 51.0 Å². The highest BCUT2D eigenvalue weighted by Crippen LogP contribution is 2.39. The van der Waals surface area contributed by atoms with E-state index in [1.54, 1.807) is 12.1 Å². The minimum absolute atomic E-state index is 0.107. The number of halogens is 3. The SMILES string of the molecule is CCCCCC1CCC(c2ccc(-c3cc(F)c(COC)c(F)c3)cc2F)CC1. The summed E-state index contributed by atoms with van der Waals surface area (Å²) in [6.45, 7) is 2.09. The summed E-state index contributed by atoms with van der Waals surface area (Å²) in [5, 5.41) is 0. The van der Waals surface area contributed by atoms with E-state index in [2.05, 4.69) is 6.92 Å². The van der Waals surface area contributed by atoms with Crippen molar-refractivity contribution in [3.05, 3.63) is 58.9 Å². The maximum Gasteiger partial charge on any atom is 0.132 e. The molecule has 0 bridgehead atoms. The summed E-state index contributed by atoms with van der Waals surface area (Å²) in [5.74, 6) is -0.611. The minimum atomic E-state index is -0.673. The van der Waals surface area contributed by atoms with E-state index in [4.69, 9.17) is 4.74 Å². The van der Waals surface area contributed by atoms with Gasteiger partial charge in [0.05, 0.1) is 6.61 Å². The van der Waals surface area contributed by atoms with Crippen molar-refractivity contribution < 1.29 is 17.9 Å². The topological polar surface area (TPSA) is 9.23 Å². The molecule has 4 heteroatoms. The average molecular weight is 405 g/mol. The van der Waals surface area contributed by atoms with Gasteiger partial charge in [0, 0.05) is 12.7 Å². The highest BCUT2D eigenvalue weighted by Gasteiger charge is 2.24. The average Bonchev–Trinajstić information content (AvgIpc) is 2.71. The van der Waals surface area contributed by atoms with Gasteiger partial charge in [0.25, 0.3) is 0 Å². The zero-order valence-corrected chi connectivity index (χ0v) is 17.4. The van der Waals surface area contributed by atoms with E-state index in [0.717, 1.165) is 37.2 Å². The summed E-state index contributed by atoms with van der Waals surface area (Å²) in [6.07, 6.45) is 9.48. The molecule has 1 nitrogen and oxygen atoms in total. The second-order valence-corrected chi connectivity index (χ2v) is 8.30. The van der Waals surface area contributed by atoms with E-state index < -0.39 is 11.6 Å². The van der Waals surface area contributed by atoms with Crippen LogP contribution in [0.4, 0.5) is 13.2 Å². The van der Waals surface area contributed by atoms with Crippen molar-refractivity contribution in [3.8, 4) is 11.1 Å². The van der Waals surface area contributed by atoms with Gasteiger partial charge in [-0.2, -0.15) is 0 Å². The summed E-state index contributed by atoms with van der Waals surface area (Å²) in [5.41, 5.74) is 1.45. The van der Waals surface area contributed by atoms with Crippen molar-refractivity contribution in [2.75, 3.05) is 7.11 Å². The molecular weight excluding hydrogens is 373 g/mol. The zero-order valence-electron chi connectivity index (χ0n) is 17.4. The van der Waals surface area contributed by atoms with Gasteiger partial charge in [-0.3, -0.25) is 0 Å². The molecule has 0 unspecified atom stereocenters. The fourth-order valence-corrected chi connectivity index (χ4v) is 4.53. The van der Waals surface area contributed by atoms with Crippen molar-refractivity contribution in [1.29, 1.82) is 0 Å². The molecule has 1 aliphatic carbocycles. The lowest BCUT2D eigenvalue weighted by Crippen LogP contribution is -2.14. The number of hydrogen-bond donors (Lipinski definition) is 0. The van der Waals surface area contributed by atoms with Crippen LogP contribution in [0.3, 0.4) is 0 Å². The quantitative estimate of drug-likeness (QED) is 0.408. The van der Waals surface area contributed by atoms with Gasteiger partial charge < -0.3 is 4.74 Å². The van der Waals surface area contributed by atoms with E-state index in [1.807, 2.05) is 0 Å². The Labute approximate surface area is 172 Å². The molecule has 0 heterocycles. The van der Waals surface area contributed by atoms with Crippen LogP contribution >= 0.6 is 0 Å². The Morgan fingerprint density at radius 2 is 1.52 bits per heavy atom. The highest BCUT2D eigenvalue weighted by atomic mass is 19.1. The Morgan fingerprint density at radius 1 is 0.862 bits per heavy atom. The first-order valence-electron chi connectivity index (χ1n) is 10.8. The molecule has 0 spiro atoms. The highest BCUT2D eigenvalue weighted by molar-refractivity contribution is 5.64. The Bertz CT molecular complexity index is 787. The number of rotatable bonds is 8. The van der Waals surface area contributed by atoms with Gasteiger partial charge in [0.1, 0.15) is 17.5 Å². The van der Waals surface area contributed by atoms with Crippen LogP contribution < -0.4 is 0 Å². The molecule has 0 radical (unpaired) electrons. The van der Waals surface area contributed by atoms with Crippen molar-refractivity contribution in [2.24, 2.45) is 5.92 Å². The number of unbranched alkanes of at least 4 members (excludes halogenated alkanes) is 2. The second-order valence-electron chi connectivity index (χ2n) is 8.30. The van der Waals surface area contributed by atoms with Crippen LogP contribution in [0.1, 0.15) is 75.3 Å². The maximum atomic E-state index is 14.9. The molecule has 3 rings (SSSR count). The summed E-state index contributed by atoms with van der Waals surface area (Å²) in [4.78, 5) is 0. The normalized spacial score (nSPS) is 19.5. The molecule has 29 heavy (non-hydrogen) atoms. The predicted octanol–water partition coefficient (Wildman–Crippen LogP) is 7.77. The Kier molecular flexibility index (Phi) is 7.77. The molecule has 0 amide bonds. The molecule has 0 atom stereocenters. The molecule has 1 aliphatic rings. The molecule has 0 saturated heterocycles. The van der Waals surface area contributed by atoms with Gasteiger partial charge in [0.2, 0.25) is 0 Å². The molecule has 1 saturated carbocycles. The van der Waals surface area contributed by atoms with Crippen LogP contribution in [0, 0.1) is 23.4 Å². The third kappa shape index (κ3) is 5.42. The summed E-state index contributed by atoms with van der Waals surface area (Å²) in [6, 6.07) is 7.47. The monoisotopic (exact) mass is 404 g/mol. The second kappa shape index (κ2) is 10.3. The fraction of sp³-hybridized carbons (Fsp3) is 0.520. The summed E-state index contributed by atoms with van der Waals surface area (Å²) in [7, 11) is 1.39. The van der Waals surface area contributed by atoms with Gasteiger partial charge in [-0.15, -0.1) is 0 Å². The van der Waals surface area contributed by atoms with Crippen LogP contribution in [-0.2, 0) is 11.3 Å². The lowest BCUT2D eigenvalue weighted by molar-refractivity contribution is 0.177. The minimum Gasteiger partial charge on any atom is -0.380 e. The summed E-state index contributed by atoms with van der Waals surface area (Å²) >= 11 is 0. The number of hydrogen-bond acceptors (Lipinski definition) is 1. The van der Waals surface area contributed by atoms with Crippen LogP contribution in [-0.4, -0.2) is 7.11 Å². The number of benzene rings is 2. The van der Waals surface area contributed by atoms with Crippen molar-refractivity contribution in [1.82, 2.24) is 0 Å². The Morgan fingerprint density at radius 3 is 2.10 bits per heavy atom. The number of methoxy groups -OCH3 is 1. The van der Waals surface area contributed by atoms with Crippen molar-refractivity contribution >= 4 is 0 Å². The van der Waals surface area contributed by atoms with Crippen molar-refractivity contribution in [2.45, 2.75) is 70.8 Å². The standard InChI is InChI=1S/C25H31F3O/c1-3-4-5-6-17-7-9-18(10-8-17)21-12-11-19(13-23(21)26)20-14-24(27)22(16-29-2)25(28)15-20/h11-15,17-18H,3-10,16H2,1-2H3. The smallest absolute Gasteiger partial charge is 0.132 e. The lowest BCUT2D eigenvalue weighted by atomic mass is 9.76. The largest absolute Gasteiger partial charge is 0.380 e. The predicted molar refractivity (Wildman–Crippen MR) is 111 cm³/mol. The van der Waals surface area contributed by atoms with Gasteiger partial charge in [-0.1, -0.05) is 44.7 Å². The summed E-state index contributed by atoms with van der Waals surface area (Å²) < 4.78 is 48.1. The van der Waals surface area contributed by atoms with Crippen molar-refractivity contribution in [3.63, 3.8) is 0 Å². The molecule has 2 aromatic carbocycles. The fourth-order valence-electron chi connectivity index (χ4n) is 4.53. The van der Waals surface area contributed by atoms with Gasteiger partial charge in [-0.25, -0.2) is 13.2 Å². The third-order valence-electron chi connectivity index (χ3n) is 6.27. The molecule has 158 valence electrons. The molecule has 0 aliphatic heterocycles. The van der Waals surface area contributed by atoms with Crippen LogP contribution in [0.5, 0.6) is 0 Å². The van der Waals surface area contributed by atoms with Crippen LogP contribution in [0.25, 0.3) is 11.1 Å². The van der Waals surface area contributed by atoms with E-state index >= 15 is 0 Å². The first-order chi connectivity index (χ1) is 14.0. The van der Waals surface area contributed by atoms with Crippen LogP contribution in [0.15, 0.2) is 30.3 Å². The van der Waals surface area contributed by atoms with Gasteiger partial charge >= 0.3 is 0 Å². The molecule has 2 aromatic rings. The first-order valence-corrected chi connectivity index (χ1v) is 10.8. The molecule has 0 N–H and O–H groups in total. The van der Waals surface area contributed by atoms with Crippen LogP contribution in [0.2, 0.25) is 0 Å². The Hall–Kier alpha value is -1.81.